The molecular weight excluding hydrogens is 550 g/mol. The van der Waals surface area contributed by atoms with Crippen molar-refractivity contribution in [1.82, 2.24) is 9.55 Å². The lowest BCUT2D eigenvalue weighted by atomic mass is 10.0. The third-order valence-corrected chi connectivity index (χ3v) is 8.58. The van der Waals surface area contributed by atoms with Gasteiger partial charge in [-0.25, -0.2) is 4.98 Å². The number of benzene rings is 7. The van der Waals surface area contributed by atoms with Crippen LogP contribution in [-0.2, 0) is 0 Å². The third-order valence-electron chi connectivity index (χ3n) is 8.58. The van der Waals surface area contributed by atoms with Gasteiger partial charge in [-0.05, 0) is 78.2 Å². The molecule has 0 bridgehead atoms. The van der Waals surface area contributed by atoms with Gasteiger partial charge in [0.15, 0.2) is 5.58 Å². The molecule has 4 nitrogen and oxygen atoms in total. The van der Waals surface area contributed by atoms with E-state index in [0.717, 1.165) is 50.2 Å². The molecule has 0 aliphatic rings. The van der Waals surface area contributed by atoms with Crippen LogP contribution in [0, 0.1) is 0 Å². The molecule has 0 unspecified atom stereocenters. The van der Waals surface area contributed by atoms with Gasteiger partial charge in [-0.1, -0.05) is 91.0 Å². The molecule has 0 amide bonds. The second-order valence-electron chi connectivity index (χ2n) is 11.2. The van der Waals surface area contributed by atoms with Gasteiger partial charge >= 0.3 is 0 Å². The van der Waals surface area contributed by atoms with Gasteiger partial charge in [0.25, 0.3) is 0 Å². The summed E-state index contributed by atoms with van der Waals surface area (Å²) in [5, 5.41) is 4.58. The Morgan fingerprint density at radius 3 is 2.07 bits per heavy atom. The first kappa shape index (κ1) is 25.4. The maximum absolute atomic E-state index is 6.33. The summed E-state index contributed by atoms with van der Waals surface area (Å²) in [5.41, 5.74) is 9.26. The largest absolute Gasteiger partial charge is 0.436 e. The average Bonchev–Trinajstić information content (AvgIpc) is 3.69. The zero-order valence-corrected chi connectivity index (χ0v) is 24.3. The summed E-state index contributed by atoms with van der Waals surface area (Å²) < 4.78 is 8.68. The van der Waals surface area contributed by atoms with Crippen LogP contribution >= 0.6 is 0 Å². The average molecular weight is 578 g/mol. The molecule has 0 atom stereocenters. The summed E-state index contributed by atoms with van der Waals surface area (Å²) in [6.07, 6.45) is 0. The van der Waals surface area contributed by atoms with E-state index in [4.69, 9.17) is 9.40 Å². The molecule has 4 heteroatoms. The lowest BCUT2D eigenvalue weighted by Crippen LogP contribution is -2.10. The lowest BCUT2D eigenvalue weighted by molar-refractivity contribution is 0.620. The highest BCUT2D eigenvalue weighted by atomic mass is 16.3. The number of nitrogens with zero attached hydrogens (tertiary/aromatic N) is 3. The van der Waals surface area contributed by atoms with Crippen LogP contribution < -0.4 is 4.90 Å². The number of para-hydroxylation sites is 3. The van der Waals surface area contributed by atoms with Crippen LogP contribution in [-0.4, -0.2) is 9.55 Å². The van der Waals surface area contributed by atoms with Crippen molar-refractivity contribution in [3.63, 3.8) is 0 Å². The first-order valence-electron chi connectivity index (χ1n) is 15.1. The Hall–Kier alpha value is -6.13. The Bertz CT molecular complexity index is 2480. The summed E-state index contributed by atoms with van der Waals surface area (Å²) in [5.74, 6) is 0.620. The molecule has 9 rings (SSSR count). The Kier molecular flexibility index (Phi) is 5.78. The maximum atomic E-state index is 6.33. The topological polar surface area (TPSA) is 34.2 Å². The van der Waals surface area contributed by atoms with E-state index < -0.39 is 0 Å². The smallest absolute Gasteiger partial charge is 0.227 e. The van der Waals surface area contributed by atoms with E-state index in [2.05, 4.69) is 137 Å². The molecule has 0 saturated carbocycles. The van der Waals surface area contributed by atoms with Crippen LogP contribution in [0.3, 0.4) is 0 Å². The van der Waals surface area contributed by atoms with Crippen LogP contribution in [0.25, 0.3) is 60.8 Å². The second kappa shape index (κ2) is 10.2. The van der Waals surface area contributed by atoms with E-state index in [0.29, 0.717) is 5.89 Å². The predicted octanol–water partition coefficient (Wildman–Crippen LogP) is 11.2. The minimum atomic E-state index is 0.620. The first-order chi connectivity index (χ1) is 22.3. The van der Waals surface area contributed by atoms with Crippen LogP contribution in [0.2, 0.25) is 0 Å². The summed E-state index contributed by atoms with van der Waals surface area (Å²) in [4.78, 5) is 7.41. The van der Waals surface area contributed by atoms with E-state index in [1.54, 1.807) is 0 Å². The molecular formula is C41H27N3O. The highest BCUT2D eigenvalue weighted by Gasteiger charge is 2.21. The molecule has 7 aromatic carbocycles. The Morgan fingerprint density at radius 2 is 1.24 bits per heavy atom. The summed E-state index contributed by atoms with van der Waals surface area (Å²) in [7, 11) is 0. The van der Waals surface area contributed by atoms with Crippen molar-refractivity contribution in [2.75, 3.05) is 4.90 Å². The van der Waals surface area contributed by atoms with Gasteiger partial charge in [0, 0.05) is 38.8 Å². The fourth-order valence-corrected chi connectivity index (χ4v) is 6.59. The normalized spacial score (nSPS) is 11.6. The summed E-state index contributed by atoms with van der Waals surface area (Å²) in [6, 6.07) is 57.3. The Morgan fingerprint density at radius 1 is 0.533 bits per heavy atom. The number of rotatable bonds is 5. The minimum absolute atomic E-state index is 0.620. The monoisotopic (exact) mass is 577 g/mol. The van der Waals surface area contributed by atoms with E-state index in [9.17, 15) is 0 Å². The van der Waals surface area contributed by atoms with Crippen molar-refractivity contribution in [3.8, 4) is 17.1 Å². The zero-order chi connectivity index (χ0) is 29.7. The molecule has 0 radical (unpaired) electrons. The molecule has 0 aliphatic heterocycles. The molecule has 0 N–H and O–H groups in total. The molecule has 9 aromatic rings. The fraction of sp³-hybridized carbons (Fsp3) is 0. The van der Waals surface area contributed by atoms with Crippen molar-refractivity contribution in [2.45, 2.75) is 0 Å². The molecule has 0 aliphatic carbocycles. The summed E-state index contributed by atoms with van der Waals surface area (Å²) in [6.45, 7) is 0. The standard InChI is InChI=1S/C41H27N3O/c1-4-13-29(14-5-1)41-42-40-38(45-41)26-23-28-15-12-22-37(39(28)40)43(30-16-6-2-7-17-30)32-24-25-36-34(27-32)33-20-10-11-21-35(33)44(36)31-18-8-3-9-19-31/h1-27H. The van der Waals surface area contributed by atoms with Crippen LogP contribution in [0.1, 0.15) is 0 Å². The number of hydrogen-bond donors (Lipinski definition) is 0. The first-order valence-corrected chi connectivity index (χ1v) is 15.1. The van der Waals surface area contributed by atoms with Crippen molar-refractivity contribution < 1.29 is 4.42 Å². The quantitative estimate of drug-likeness (QED) is 0.204. The molecule has 45 heavy (non-hydrogen) atoms. The number of oxazole rings is 1. The Labute approximate surface area is 260 Å². The Balaban J connectivity index is 1.31. The molecule has 2 heterocycles. The van der Waals surface area contributed by atoms with Crippen LogP contribution in [0.15, 0.2) is 168 Å². The number of aromatic nitrogens is 2. The SMILES string of the molecule is c1ccc(-c2nc3c(ccc4cccc(N(c5ccccc5)c5ccc6c(c5)c5ccccc5n6-c5ccccc5)c43)o2)cc1. The van der Waals surface area contributed by atoms with E-state index in [1.807, 2.05) is 36.4 Å². The number of fused-ring (bicyclic) bond motifs is 6. The van der Waals surface area contributed by atoms with Crippen LogP contribution in [0.5, 0.6) is 0 Å². The van der Waals surface area contributed by atoms with Crippen molar-refractivity contribution in [2.24, 2.45) is 0 Å². The molecule has 0 saturated heterocycles. The van der Waals surface area contributed by atoms with Gasteiger partial charge in [0.05, 0.1) is 16.7 Å². The molecule has 2 aromatic heterocycles. The van der Waals surface area contributed by atoms with Crippen LogP contribution in [0.4, 0.5) is 17.1 Å². The van der Waals surface area contributed by atoms with Gasteiger partial charge < -0.3 is 13.9 Å². The molecule has 0 spiro atoms. The van der Waals surface area contributed by atoms with Gasteiger partial charge in [-0.3, -0.25) is 0 Å². The van der Waals surface area contributed by atoms with Gasteiger partial charge in [0.1, 0.15) is 5.52 Å². The van der Waals surface area contributed by atoms with E-state index >= 15 is 0 Å². The van der Waals surface area contributed by atoms with Crippen molar-refractivity contribution in [1.29, 1.82) is 0 Å². The number of anilines is 3. The van der Waals surface area contributed by atoms with E-state index in [-0.39, 0.29) is 0 Å². The third kappa shape index (κ3) is 4.11. The fourth-order valence-electron chi connectivity index (χ4n) is 6.59. The van der Waals surface area contributed by atoms with Crippen molar-refractivity contribution in [3.05, 3.63) is 164 Å². The number of hydrogen-bond acceptors (Lipinski definition) is 3. The molecule has 0 fully saturated rings. The molecule has 212 valence electrons. The highest BCUT2D eigenvalue weighted by molar-refractivity contribution is 6.14. The van der Waals surface area contributed by atoms with Gasteiger partial charge in [-0.2, -0.15) is 0 Å². The van der Waals surface area contributed by atoms with E-state index in [1.165, 1.54) is 21.8 Å². The lowest BCUT2D eigenvalue weighted by Gasteiger charge is -2.27. The predicted molar refractivity (Wildman–Crippen MR) is 186 cm³/mol. The highest BCUT2D eigenvalue weighted by Crippen LogP contribution is 2.44. The second-order valence-corrected chi connectivity index (χ2v) is 11.2. The van der Waals surface area contributed by atoms with Crippen molar-refractivity contribution >= 4 is 60.7 Å². The van der Waals surface area contributed by atoms with Gasteiger partial charge in [-0.15, -0.1) is 0 Å². The maximum Gasteiger partial charge on any atom is 0.227 e. The zero-order valence-electron chi connectivity index (χ0n) is 24.3. The minimum Gasteiger partial charge on any atom is -0.436 e. The van der Waals surface area contributed by atoms with Gasteiger partial charge in [0.2, 0.25) is 5.89 Å². The summed E-state index contributed by atoms with van der Waals surface area (Å²) >= 11 is 0.